The second-order valence-electron chi connectivity index (χ2n) is 7.04. The molecular weight excluding hydrogens is 441 g/mol. The largest absolute Gasteiger partial charge is 0.416 e. The zero-order valence-corrected chi connectivity index (χ0v) is 17.6. The van der Waals surface area contributed by atoms with Crippen molar-refractivity contribution in [2.75, 3.05) is 0 Å². The van der Waals surface area contributed by atoms with Crippen LogP contribution < -0.4 is 4.18 Å². The minimum Gasteiger partial charge on any atom is -0.358 e. The third kappa shape index (κ3) is 4.52. The summed E-state index contributed by atoms with van der Waals surface area (Å²) in [6.07, 6.45) is -4.68. The van der Waals surface area contributed by atoms with Gasteiger partial charge in [-0.05, 0) is 37.3 Å². The van der Waals surface area contributed by atoms with Crippen LogP contribution in [0.3, 0.4) is 0 Å². The van der Waals surface area contributed by atoms with E-state index in [2.05, 4.69) is 5.10 Å². The Morgan fingerprint density at radius 3 is 2.22 bits per heavy atom. The molecule has 4 aromatic rings. The molecule has 164 valence electrons. The van der Waals surface area contributed by atoms with Crippen molar-refractivity contribution < 1.29 is 25.8 Å². The quantitative estimate of drug-likeness (QED) is 0.364. The number of hydrogen-bond donors (Lipinski definition) is 0. The lowest BCUT2D eigenvalue weighted by Crippen LogP contribution is -2.14. The molecule has 0 unspecified atom stereocenters. The van der Waals surface area contributed by atoms with E-state index in [9.17, 15) is 21.6 Å². The smallest absolute Gasteiger partial charge is 0.358 e. The summed E-state index contributed by atoms with van der Waals surface area (Å²) < 4.78 is 71.4. The van der Waals surface area contributed by atoms with Crippen molar-refractivity contribution in [1.82, 2.24) is 9.78 Å². The molecule has 3 aromatic carbocycles. The predicted octanol–water partition coefficient (Wildman–Crippen LogP) is 5.63. The molecule has 0 aliphatic carbocycles. The zero-order valence-electron chi connectivity index (χ0n) is 16.7. The van der Waals surface area contributed by atoms with Crippen molar-refractivity contribution in [3.63, 3.8) is 0 Å². The highest BCUT2D eigenvalue weighted by Gasteiger charge is 2.32. The Hall–Kier alpha value is -3.59. The highest BCUT2D eigenvalue weighted by molar-refractivity contribution is 7.87. The minimum absolute atomic E-state index is 0.148. The maximum Gasteiger partial charge on any atom is 0.416 e. The molecule has 0 saturated carbocycles. The molecule has 0 spiro atoms. The first-order valence-electron chi connectivity index (χ1n) is 9.48. The lowest BCUT2D eigenvalue weighted by atomic mass is 10.2. The van der Waals surface area contributed by atoms with Gasteiger partial charge in [-0.3, -0.25) is 0 Å². The molecule has 0 atom stereocenters. The maximum absolute atomic E-state index is 13.0. The number of benzene rings is 3. The highest BCUT2D eigenvalue weighted by atomic mass is 32.2. The summed E-state index contributed by atoms with van der Waals surface area (Å²) in [4.78, 5) is -0.606. The van der Waals surface area contributed by atoms with Gasteiger partial charge >= 0.3 is 16.3 Å². The van der Waals surface area contributed by atoms with Crippen molar-refractivity contribution in [2.24, 2.45) is 0 Å². The number of nitrogens with zero attached hydrogens (tertiary/aromatic N) is 2. The molecule has 0 N–H and O–H groups in total. The number of hydrogen-bond acceptors (Lipinski definition) is 4. The Morgan fingerprint density at radius 2 is 1.56 bits per heavy atom. The normalized spacial score (nSPS) is 12.0. The van der Waals surface area contributed by atoms with Gasteiger partial charge in [-0.2, -0.15) is 31.4 Å². The lowest BCUT2D eigenvalue weighted by Gasteiger charge is -2.11. The van der Waals surface area contributed by atoms with E-state index in [0.717, 1.165) is 29.3 Å². The Labute approximate surface area is 182 Å². The summed E-state index contributed by atoms with van der Waals surface area (Å²) in [5.41, 5.74) is 1.61. The van der Waals surface area contributed by atoms with E-state index in [1.54, 1.807) is 36.4 Å². The van der Waals surface area contributed by atoms with Crippen LogP contribution in [0.2, 0.25) is 0 Å². The summed E-state index contributed by atoms with van der Waals surface area (Å²) in [5, 5.41) is 4.46. The molecule has 0 aliphatic heterocycles. The molecule has 1 heterocycles. The average Bonchev–Trinajstić information content (AvgIpc) is 3.17. The number of alkyl halides is 3. The summed E-state index contributed by atoms with van der Waals surface area (Å²) in [6, 6.07) is 21.0. The van der Waals surface area contributed by atoms with E-state index in [4.69, 9.17) is 4.18 Å². The first kappa shape index (κ1) is 21.6. The van der Waals surface area contributed by atoms with Crippen LogP contribution in [0.15, 0.2) is 89.8 Å². The van der Waals surface area contributed by atoms with Gasteiger partial charge in [0.2, 0.25) is 5.88 Å². The third-order valence-corrected chi connectivity index (χ3v) is 5.89. The second kappa shape index (κ2) is 8.16. The minimum atomic E-state index is -4.68. The molecule has 4 rings (SSSR count). The number of aryl methyl sites for hydroxylation is 1. The Kier molecular flexibility index (Phi) is 5.52. The molecule has 32 heavy (non-hydrogen) atoms. The van der Waals surface area contributed by atoms with E-state index in [0.29, 0.717) is 17.4 Å². The van der Waals surface area contributed by atoms with Crippen molar-refractivity contribution in [2.45, 2.75) is 18.0 Å². The van der Waals surface area contributed by atoms with Crippen molar-refractivity contribution in [1.29, 1.82) is 0 Å². The molecule has 0 bridgehead atoms. The molecule has 9 heteroatoms. The predicted molar refractivity (Wildman–Crippen MR) is 113 cm³/mol. The van der Waals surface area contributed by atoms with Gasteiger partial charge < -0.3 is 4.18 Å². The van der Waals surface area contributed by atoms with Crippen LogP contribution in [-0.4, -0.2) is 18.2 Å². The van der Waals surface area contributed by atoms with Crippen LogP contribution in [0.5, 0.6) is 5.88 Å². The molecule has 0 fully saturated rings. The lowest BCUT2D eigenvalue weighted by molar-refractivity contribution is -0.137. The van der Waals surface area contributed by atoms with Gasteiger partial charge in [0.15, 0.2) is 0 Å². The van der Waals surface area contributed by atoms with Crippen LogP contribution in [0.1, 0.15) is 11.1 Å². The first-order chi connectivity index (χ1) is 15.1. The standard InChI is InChI=1S/C23H17F3N2O3S/c1-16-10-12-19(13-11-16)28-22(15-21(27-28)17-6-3-2-4-7-17)31-32(29,30)20-9-5-8-18(14-20)23(24,25)26/h2-15H,1H3. The SMILES string of the molecule is Cc1ccc(-n2nc(-c3ccccc3)cc2OS(=O)(=O)c2cccc(C(F)(F)F)c2)cc1. The van der Waals surface area contributed by atoms with Crippen LogP contribution >= 0.6 is 0 Å². The van der Waals surface area contributed by atoms with E-state index < -0.39 is 26.8 Å². The van der Waals surface area contributed by atoms with Crippen LogP contribution in [0.25, 0.3) is 16.9 Å². The number of halogens is 3. The van der Waals surface area contributed by atoms with Gasteiger partial charge in [-0.1, -0.05) is 54.1 Å². The van der Waals surface area contributed by atoms with Crippen LogP contribution in [0.4, 0.5) is 13.2 Å². The molecule has 1 aromatic heterocycles. The Balaban J connectivity index is 1.78. The molecular formula is C23H17F3N2O3S. The zero-order chi connectivity index (χ0) is 22.9. The van der Waals surface area contributed by atoms with Gasteiger partial charge in [-0.15, -0.1) is 0 Å². The summed E-state index contributed by atoms with van der Waals surface area (Å²) in [7, 11) is -4.56. The van der Waals surface area contributed by atoms with Crippen molar-refractivity contribution >= 4 is 10.1 Å². The Morgan fingerprint density at radius 1 is 0.875 bits per heavy atom. The molecule has 0 saturated heterocycles. The van der Waals surface area contributed by atoms with Gasteiger partial charge in [0.1, 0.15) is 4.90 Å². The van der Waals surface area contributed by atoms with Crippen molar-refractivity contribution in [3.8, 4) is 22.8 Å². The van der Waals surface area contributed by atoms with Gasteiger partial charge in [0.25, 0.3) is 0 Å². The first-order valence-corrected chi connectivity index (χ1v) is 10.9. The number of aromatic nitrogens is 2. The molecule has 5 nitrogen and oxygen atoms in total. The van der Waals surface area contributed by atoms with Crippen molar-refractivity contribution in [3.05, 3.63) is 96.1 Å². The summed E-state index contributed by atoms with van der Waals surface area (Å²) in [6.45, 7) is 1.90. The van der Waals surface area contributed by atoms with E-state index in [1.807, 2.05) is 25.1 Å². The second-order valence-corrected chi connectivity index (χ2v) is 8.59. The number of rotatable bonds is 5. The fourth-order valence-corrected chi connectivity index (χ4v) is 3.99. The fraction of sp³-hybridized carbons (Fsp3) is 0.0870. The highest BCUT2D eigenvalue weighted by Crippen LogP contribution is 2.32. The van der Waals surface area contributed by atoms with Gasteiger partial charge in [-0.25, -0.2) is 0 Å². The van der Waals surface area contributed by atoms with E-state index in [1.165, 1.54) is 10.7 Å². The van der Waals surface area contributed by atoms with Crippen LogP contribution in [0, 0.1) is 6.92 Å². The molecule has 0 radical (unpaired) electrons. The van der Waals surface area contributed by atoms with Gasteiger partial charge in [0, 0.05) is 11.6 Å². The molecule has 0 amide bonds. The topological polar surface area (TPSA) is 61.2 Å². The van der Waals surface area contributed by atoms with Crippen LogP contribution in [-0.2, 0) is 16.3 Å². The average molecular weight is 458 g/mol. The monoisotopic (exact) mass is 458 g/mol. The Bertz CT molecular complexity index is 1350. The third-order valence-electron chi connectivity index (χ3n) is 4.67. The fourth-order valence-electron chi connectivity index (χ4n) is 3.03. The maximum atomic E-state index is 13.0. The summed E-state index contributed by atoms with van der Waals surface area (Å²) >= 11 is 0. The molecule has 0 aliphatic rings. The van der Waals surface area contributed by atoms with E-state index in [-0.39, 0.29) is 5.88 Å². The van der Waals surface area contributed by atoms with Gasteiger partial charge in [0.05, 0.1) is 16.9 Å². The van der Waals surface area contributed by atoms with E-state index >= 15 is 0 Å². The summed E-state index contributed by atoms with van der Waals surface area (Å²) in [5.74, 6) is -0.148.